The zero-order valence-corrected chi connectivity index (χ0v) is 53.2. The first-order valence-corrected chi connectivity index (χ1v) is 35.7. The van der Waals surface area contributed by atoms with Crippen molar-refractivity contribution in [3.05, 3.63) is 12.2 Å². The van der Waals surface area contributed by atoms with E-state index in [-0.39, 0.29) is 31.1 Å². The summed E-state index contributed by atoms with van der Waals surface area (Å²) < 4.78 is 16.9. The highest BCUT2D eigenvalue weighted by atomic mass is 16.6. The quantitative estimate of drug-likeness (QED) is 0.0261. The largest absolute Gasteiger partial charge is 0.462 e. The lowest BCUT2D eigenvalue weighted by molar-refractivity contribution is -0.167. The first-order chi connectivity index (χ1) is 38.5. The predicted molar refractivity (Wildman–Crippen MR) is 340 cm³/mol. The number of hydrogen-bond donors (Lipinski definition) is 0. The van der Waals surface area contributed by atoms with Gasteiger partial charge >= 0.3 is 17.9 Å². The van der Waals surface area contributed by atoms with Gasteiger partial charge in [-0.15, -0.1) is 0 Å². The Balaban J connectivity index is 3.97. The molecule has 0 aromatic rings. The van der Waals surface area contributed by atoms with Crippen LogP contribution in [0.3, 0.4) is 0 Å². The molecule has 78 heavy (non-hydrogen) atoms. The van der Waals surface area contributed by atoms with Crippen molar-refractivity contribution in [2.45, 2.75) is 419 Å². The summed E-state index contributed by atoms with van der Waals surface area (Å²) in [5.41, 5.74) is 0. The van der Waals surface area contributed by atoms with Crippen LogP contribution < -0.4 is 0 Å². The third-order valence-corrected chi connectivity index (χ3v) is 16.5. The Morgan fingerprint density at radius 3 is 0.641 bits per heavy atom. The number of hydrogen-bond acceptors (Lipinski definition) is 6. The molecule has 0 bridgehead atoms. The maximum atomic E-state index is 12.9. The van der Waals surface area contributed by atoms with Gasteiger partial charge in [-0.3, -0.25) is 14.4 Å². The van der Waals surface area contributed by atoms with E-state index in [0.717, 1.165) is 57.8 Å². The molecular formula is C72H138O6. The second-order valence-electron chi connectivity index (χ2n) is 24.5. The van der Waals surface area contributed by atoms with Gasteiger partial charge in [0, 0.05) is 19.3 Å². The summed E-state index contributed by atoms with van der Waals surface area (Å²) in [6, 6.07) is 0. The number of ether oxygens (including phenoxy) is 3. The minimum absolute atomic E-state index is 0.0628. The third kappa shape index (κ3) is 65.0. The van der Waals surface area contributed by atoms with E-state index in [1.54, 1.807) is 0 Å². The van der Waals surface area contributed by atoms with Crippen molar-refractivity contribution < 1.29 is 28.6 Å². The summed E-state index contributed by atoms with van der Waals surface area (Å²) >= 11 is 0. The fourth-order valence-corrected chi connectivity index (χ4v) is 11.2. The molecule has 0 radical (unpaired) electrons. The van der Waals surface area contributed by atoms with Crippen LogP contribution in [-0.4, -0.2) is 37.2 Å². The Bertz CT molecular complexity index is 1210. The molecule has 0 rings (SSSR count). The summed E-state index contributed by atoms with van der Waals surface area (Å²) in [4.78, 5) is 38.2. The Labute approximate surface area is 488 Å². The SMILES string of the molecule is CCCCCCCCCC/C=C\CCCCCCCCCCCCCCCCCCCCCC(=O)OCC(COC(=O)CCCCCCCCC)OC(=O)CCCCCCCCCCCCCCCCCCCCCCCC. The first kappa shape index (κ1) is 76.1. The molecule has 462 valence electrons. The van der Waals surface area contributed by atoms with Gasteiger partial charge in [0.05, 0.1) is 0 Å². The van der Waals surface area contributed by atoms with E-state index in [4.69, 9.17) is 14.2 Å². The van der Waals surface area contributed by atoms with Gasteiger partial charge in [0.15, 0.2) is 6.10 Å². The Kier molecular flexibility index (Phi) is 66.0. The average molecular weight is 1100 g/mol. The molecule has 0 heterocycles. The highest BCUT2D eigenvalue weighted by molar-refractivity contribution is 5.71. The van der Waals surface area contributed by atoms with E-state index >= 15 is 0 Å². The standard InChI is InChI=1S/C72H138O6/c1-4-7-10-13-16-18-20-22-24-26-28-30-32-33-34-35-36-37-38-39-40-42-43-45-47-49-51-53-56-59-62-65-71(74)77-68-69(67-76-70(73)64-61-58-55-15-12-9-6-3)78-72(75)66-63-60-57-54-52-50-48-46-44-41-31-29-27-25-23-21-19-17-14-11-8-5-2/h26,28,69H,4-25,27,29-68H2,1-3H3/b28-26-. The zero-order valence-electron chi connectivity index (χ0n) is 53.2. The van der Waals surface area contributed by atoms with Crippen LogP contribution in [0.25, 0.3) is 0 Å². The molecule has 0 aliphatic heterocycles. The van der Waals surface area contributed by atoms with Crippen LogP contribution in [0.4, 0.5) is 0 Å². The lowest BCUT2D eigenvalue weighted by atomic mass is 10.0. The smallest absolute Gasteiger partial charge is 0.306 e. The number of allylic oxidation sites excluding steroid dienone is 2. The van der Waals surface area contributed by atoms with Crippen LogP contribution in [0.5, 0.6) is 0 Å². The van der Waals surface area contributed by atoms with Gasteiger partial charge in [0.2, 0.25) is 0 Å². The van der Waals surface area contributed by atoms with E-state index in [0.29, 0.717) is 19.3 Å². The molecule has 0 N–H and O–H groups in total. The minimum atomic E-state index is -0.763. The number of carbonyl (C=O) groups is 3. The molecular weight excluding hydrogens is 961 g/mol. The molecule has 0 saturated carbocycles. The van der Waals surface area contributed by atoms with E-state index < -0.39 is 6.10 Å². The fourth-order valence-electron chi connectivity index (χ4n) is 11.2. The van der Waals surface area contributed by atoms with Gasteiger partial charge in [0.25, 0.3) is 0 Å². The van der Waals surface area contributed by atoms with Crippen molar-refractivity contribution in [3.8, 4) is 0 Å². The monoisotopic (exact) mass is 1100 g/mol. The first-order valence-electron chi connectivity index (χ1n) is 35.7. The molecule has 0 aromatic carbocycles. The lowest BCUT2D eigenvalue weighted by Crippen LogP contribution is -2.30. The Morgan fingerprint density at radius 2 is 0.423 bits per heavy atom. The second kappa shape index (κ2) is 67.7. The zero-order chi connectivity index (χ0) is 56.4. The van der Waals surface area contributed by atoms with Gasteiger partial charge in [-0.25, -0.2) is 0 Å². The molecule has 0 amide bonds. The van der Waals surface area contributed by atoms with Crippen LogP contribution in [-0.2, 0) is 28.6 Å². The van der Waals surface area contributed by atoms with Crippen molar-refractivity contribution in [3.63, 3.8) is 0 Å². The molecule has 0 saturated heterocycles. The Hall–Kier alpha value is -1.85. The van der Waals surface area contributed by atoms with E-state index in [2.05, 4.69) is 32.9 Å². The van der Waals surface area contributed by atoms with E-state index in [9.17, 15) is 14.4 Å². The summed E-state index contributed by atoms with van der Waals surface area (Å²) in [7, 11) is 0. The number of carbonyl (C=O) groups excluding carboxylic acids is 3. The van der Waals surface area contributed by atoms with Gasteiger partial charge in [-0.2, -0.15) is 0 Å². The van der Waals surface area contributed by atoms with Crippen LogP contribution >= 0.6 is 0 Å². The van der Waals surface area contributed by atoms with Gasteiger partial charge < -0.3 is 14.2 Å². The van der Waals surface area contributed by atoms with E-state index in [1.807, 2.05) is 0 Å². The van der Waals surface area contributed by atoms with Crippen molar-refractivity contribution in [2.75, 3.05) is 13.2 Å². The van der Waals surface area contributed by atoms with Crippen LogP contribution in [0.1, 0.15) is 412 Å². The normalized spacial score (nSPS) is 12.0. The molecule has 6 nitrogen and oxygen atoms in total. The molecule has 0 aromatic heterocycles. The summed E-state index contributed by atoms with van der Waals surface area (Å²) in [6.07, 6.45) is 81.4. The van der Waals surface area contributed by atoms with Crippen LogP contribution in [0, 0.1) is 0 Å². The van der Waals surface area contributed by atoms with Crippen molar-refractivity contribution in [2.24, 2.45) is 0 Å². The minimum Gasteiger partial charge on any atom is -0.462 e. The van der Waals surface area contributed by atoms with E-state index in [1.165, 1.54) is 315 Å². The number of rotatable bonds is 67. The highest BCUT2D eigenvalue weighted by Crippen LogP contribution is 2.19. The number of unbranched alkanes of at least 4 members (excludes halogenated alkanes) is 54. The highest BCUT2D eigenvalue weighted by Gasteiger charge is 2.19. The van der Waals surface area contributed by atoms with Crippen LogP contribution in [0.15, 0.2) is 12.2 Å². The molecule has 6 heteroatoms. The molecule has 1 atom stereocenters. The maximum Gasteiger partial charge on any atom is 0.306 e. The second-order valence-corrected chi connectivity index (χ2v) is 24.5. The molecule has 1 unspecified atom stereocenters. The molecule has 0 fully saturated rings. The Morgan fingerprint density at radius 1 is 0.244 bits per heavy atom. The topological polar surface area (TPSA) is 78.9 Å². The van der Waals surface area contributed by atoms with Gasteiger partial charge in [0.1, 0.15) is 13.2 Å². The molecule has 0 aliphatic carbocycles. The van der Waals surface area contributed by atoms with Gasteiger partial charge in [-0.1, -0.05) is 360 Å². The predicted octanol–water partition coefficient (Wildman–Crippen LogP) is 24.4. The maximum absolute atomic E-state index is 12.9. The number of esters is 3. The summed E-state index contributed by atoms with van der Waals surface area (Å²) in [5, 5.41) is 0. The van der Waals surface area contributed by atoms with Crippen molar-refractivity contribution in [1.29, 1.82) is 0 Å². The average Bonchev–Trinajstić information content (AvgIpc) is 3.44. The third-order valence-electron chi connectivity index (χ3n) is 16.5. The molecule has 0 spiro atoms. The van der Waals surface area contributed by atoms with Gasteiger partial charge in [-0.05, 0) is 44.9 Å². The van der Waals surface area contributed by atoms with Crippen LogP contribution in [0.2, 0.25) is 0 Å². The van der Waals surface area contributed by atoms with Crippen molar-refractivity contribution >= 4 is 17.9 Å². The summed E-state index contributed by atoms with van der Waals surface area (Å²) in [5.74, 6) is -0.837. The lowest BCUT2D eigenvalue weighted by Gasteiger charge is -2.18. The summed E-state index contributed by atoms with van der Waals surface area (Å²) in [6.45, 7) is 6.68. The fraction of sp³-hybridized carbons (Fsp3) is 0.931. The molecule has 0 aliphatic rings. The van der Waals surface area contributed by atoms with Crippen molar-refractivity contribution in [1.82, 2.24) is 0 Å².